The Kier molecular flexibility index (Phi) is 4.81. The molecule has 0 aliphatic heterocycles. The van der Waals surface area contributed by atoms with Gasteiger partial charge < -0.3 is 11.1 Å². The van der Waals surface area contributed by atoms with Crippen molar-refractivity contribution in [2.45, 2.75) is 13.8 Å². The van der Waals surface area contributed by atoms with Crippen molar-refractivity contribution < 1.29 is 9.18 Å². The molecule has 0 aliphatic rings. The lowest BCUT2D eigenvalue weighted by Gasteiger charge is -2.23. The summed E-state index contributed by atoms with van der Waals surface area (Å²) in [5.74, 6) is -0.845. The summed E-state index contributed by atoms with van der Waals surface area (Å²) < 4.78 is 13.4. The summed E-state index contributed by atoms with van der Waals surface area (Å²) in [5, 5.41) is 2.69. The topological polar surface area (TPSA) is 55.1 Å². The van der Waals surface area contributed by atoms with E-state index in [4.69, 9.17) is 18.0 Å². The summed E-state index contributed by atoms with van der Waals surface area (Å²) in [7, 11) is 0. The van der Waals surface area contributed by atoms with Gasteiger partial charge in [-0.05, 0) is 28.1 Å². The smallest absolute Gasteiger partial charge is 0.252 e. The predicted molar refractivity (Wildman–Crippen MR) is 77.0 cm³/mol. The standard InChI is InChI=1S/C12H14BrFN2OS/c1-12(2,11(15)18)6-16-10(17)7-4-3-5-8(14)9(7)13/h3-5H,6H2,1-2H3,(H2,15,18)(H,16,17). The minimum atomic E-state index is -0.481. The molecule has 1 aromatic carbocycles. The summed E-state index contributed by atoms with van der Waals surface area (Å²) in [4.78, 5) is 12.2. The van der Waals surface area contributed by atoms with E-state index in [1.54, 1.807) is 0 Å². The van der Waals surface area contributed by atoms with Gasteiger partial charge in [-0.2, -0.15) is 0 Å². The Hall–Kier alpha value is -1.01. The van der Waals surface area contributed by atoms with Crippen molar-refractivity contribution in [2.24, 2.45) is 11.1 Å². The lowest BCUT2D eigenvalue weighted by molar-refractivity contribution is 0.0943. The van der Waals surface area contributed by atoms with Gasteiger partial charge in [-0.1, -0.05) is 32.1 Å². The molecule has 0 bridgehead atoms. The highest BCUT2D eigenvalue weighted by Gasteiger charge is 2.23. The van der Waals surface area contributed by atoms with Crippen LogP contribution in [0.2, 0.25) is 0 Å². The van der Waals surface area contributed by atoms with Gasteiger partial charge in [0.15, 0.2) is 0 Å². The fraction of sp³-hybridized carbons (Fsp3) is 0.333. The maximum Gasteiger partial charge on any atom is 0.252 e. The number of halogens is 2. The molecule has 0 spiro atoms. The first-order chi connectivity index (χ1) is 8.25. The third-order valence-electron chi connectivity index (χ3n) is 2.55. The van der Waals surface area contributed by atoms with E-state index in [-0.39, 0.29) is 15.9 Å². The van der Waals surface area contributed by atoms with Crippen LogP contribution >= 0.6 is 28.1 Å². The average Bonchev–Trinajstić information content (AvgIpc) is 2.29. The molecular formula is C12H14BrFN2OS. The van der Waals surface area contributed by atoms with Crippen molar-refractivity contribution in [3.8, 4) is 0 Å². The van der Waals surface area contributed by atoms with E-state index in [9.17, 15) is 9.18 Å². The quantitative estimate of drug-likeness (QED) is 0.833. The average molecular weight is 333 g/mol. The molecule has 0 saturated heterocycles. The van der Waals surface area contributed by atoms with Crippen LogP contribution in [0.3, 0.4) is 0 Å². The van der Waals surface area contributed by atoms with Gasteiger partial charge in [0, 0.05) is 12.0 Å². The molecule has 3 N–H and O–H groups in total. The number of hydrogen-bond donors (Lipinski definition) is 2. The summed E-state index contributed by atoms with van der Waals surface area (Å²) >= 11 is 7.95. The molecule has 0 atom stereocenters. The van der Waals surface area contributed by atoms with Crippen LogP contribution in [0, 0.1) is 11.2 Å². The van der Waals surface area contributed by atoms with Crippen LogP contribution < -0.4 is 11.1 Å². The van der Waals surface area contributed by atoms with Crippen LogP contribution in [0.5, 0.6) is 0 Å². The van der Waals surface area contributed by atoms with Crippen LogP contribution in [0.15, 0.2) is 22.7 Å². The molecule has 0 radical (unpaired) electrons. The van der Waals surface area contributed by atoms with E-state index in [0.717, 1.165) is 0 Å². The molecule has 98 valence electrons. The Labute approximate surface area is 119 Å². The van der Waals surface area contributed by atoms with Gasteiger partial charge in [-0.3, -0.25) is 4.79 Å². The molecule has 0 aromatic heterocycles. The summed E-state index contributed by atoms with van der Waals surface area (Å²) in [5.41, 5.74) is 5.32. The minimum Gasteiger partial charge on any atom is -0.393 e. The summed E-state index contributed by atoms with van der Waals surface area (Å²) in [6, 6.07) is 4.30. The highest BCUT2D eigenvalue weighted by atomic mass is 79.9. The third-order valence-corrected chi connectivity index (χ3v) is 3.91. The first kappa shape index (κ1) is 15.0. The lowest BCUT2D eigenvalue weighted by Crippen LogP contribution is -2.41. The molecule has 0 unspecified atom stereocenters. The normalized spacial score (nSPS) is 11.1. The molecule has 1 aromatic rings. The zero-order chi connectivity index (χ0) is 13.9. The molecule has 18 heavy (non-hydrogen) atoms. The molecule has 6 heteroatoms. The molecule has 0 heterocycles. The zero-order valence-corrected chi connectivity index (χ0v) is 12.5. The molecule has 0 aliphatic carbocycles. The SMILES string of the molecule is CC(C)(CNC(=O)c1cccc(F)c1Br)C(N)=S. The van der Waals surface area contributed by atoms with E-state index >= 15 is 0 Å². The van der Waals surface area contributed by atoms with E-state index in [1.807, 2.05) is 13.8 Å². The van der Waals surface area contributed by atoms with E-state index in [2.05, 4.69) is 21.2 Å². The van der Waals surface area contributed by atoms with Gasteiger partial charge in [-0.15, -0.1) is 0 Å². The number of nitrogens with two attached hydrogens (primary N) is 1. The fourth-order valence-corrected chi connectivity index (χ4v) is 1.68. The number of carbonyl (C=O) groups excluding carboxylic acids is 1. The van der Waals surface area contributed by atoms with Crippen LogP contribution in [0.4, 0.5) is 4.39 Å². The highest BCUT2D eigenvalue weighted by Crippen LogP contribution is 2.21. The second kappa shape index (κ2) is 5.75. The Morgan fingerprint density at radius 1 is 1.56 bits per heavy atom. The number of carbonyl (C=O) groups is 1. The molecule has 1 rings (SSSR count). The first-order valence-electron chi connectivity index (χ1n) is 5.28. The zero-order valence-electron chi connectivity index (χ0n) is 10.1. The van der Waals surface area contributed by atoms with Crippen molar-refractivity contribution in [3.63, 3.8) is 0 Å². The van der Waals surface area contributed by atoms with Gasteiger partial charge in [0.1, 0.15) is 5.82 Å². The Morgan fingerprint density at radius 3 is 2.72 bits per heavy atom. The minimum absolute atomic E-state index is 0.149. The molecule has 1 amide bonds. The second-order valence-corrected chi connectivity index (χ2v) is 5.77. The molecule has 0 fully saturated rings. The highest BCUT2D eigenvalue weighted by molar-refractivity contribution is 9.10. The number of rotatable bonds is 4. The Morgan fingerprint density at radius 2 is 2.17 bits per heavy atom. The van der Waals surface area contributed by atoms with E-state index in [0.29, 0.717) is 11.5 Å². The van der Waals surface area contributed by atoms with Crippen molar-refractivity contribution in [3.05, 3.63) is 34.1 Å². The fourth-order valence-electron chi connectivity index (χ4n) is 1.16. The van der Waals surface area contributed by atoms with Gasteiger partial charge in [0.25, 0.3) is 5.91 Å². The van der Waals surface area contributed by atoms with Crippen LogP contribution in [-0.2, 0) is 0 Å². The maximum absolute atomic E-state index is 13.3. The van der Waals surface area contributed by atoms with Gasteiger partial charge >= 0.3 is 0 Å². The monoisotopic (exact) mass is 332 g/mol. The predicted octanol–water partition coefficient (Wildman–Crippen LogP) is 2.63. The second-order valence-electron chi connectivity index (χ2n) is 4.53. The van der Waals surface area contributed by atoms with Crippen molar-refractivity contribution in [1.29, 1.82) is 0 Å². The van der Waals surface area contributed by atoms with Crippen LogP contribution in [0.1, 0.15) is 24.2 Å². The number of hydrogen-bond acceptors (Lipinski definition) is 2. The van der Waals surface area contributed by atoms with E-state index in [1.165, 1.54) is 18.2 Å². The lowest BCUT2D eigenvalue weighted by atomic mass is 9.93. The Balaban J connectivity index is 2.78. The largest absolute Gasteiger partial charge is 0.393 e. The van der Waals surface area contributed by atoms with Crippen molar-refractivity contribution >= 4 is 39.0 Å². The first-order valence-corrected chi connectivity index (χ1v) is 6.48. The number of benzene rings is 1. The summed E-state index contributed by atoms with van der Waals surface area (Å²) in [6.45, 7) is 3.95. The number of nitrogens with one attached hydrogen (secondary N) is 1. The van der Waals surface area contributed by atoms with Crippen LogP contribution in [0.25, 0.3) is 0 Å². The van der Waals surface area contributed by atoms with Gasteiger partial charge in [-0.25, -0.2) is 4.39 Å². The molecular weight excluding hydrogens is 319 g/mol. The van der Waals surface area contributed by atoms with Crippen molar-refractivity contribution in [1.82, 2.24) is 5.32 Å². The van der Waals surface area contributed by atoms with E-state index < -0.39 is 11.2 Å². The Bertz CT molecular complexity index is 491. The number of thiocarbonyl (C=S) groups is 1. The van der Waals surface area contributed by atoms with Crippen molar-refractivity contribution in [2.75, 3.05) is 6.54 Å². The number of amides is 1. The summed E-state index contributed by atoms with van der Waals surface area (Å²) in [6.07, 6.45) is 0. The van der Waals surface area contributed by atoms with Gasteiger partial charge in [0.2, 0.25) is 0 Å². The van der Waals surface area contributed by atoms with Crippen LogP contribution in [-0.4, -0.2) is 17.4 Å². The molecule has 0 saturated carbocycles. The molecule has 3 nitrogen and oxygen atoms in total. The van der Waals surface area contributed by atoms with Gasteiger partial charge in [0.05, 0.1) is 15.0 Å². The third kappa shape index (κ3) is 3.49. The maximum atomic E-state index is 13.3.